The second kappa shape index (κ2) is 3.27. The lowest BCUT2D eigenvalue weighted by atomic mass is 9.96. The summed E-state index contributed by atoms with van der Waals surface area (Å²) in [6, 6.07) is -0.648. The molecular formula is C7H15NO4. The molecule has 0 bridgehead atoms. The van der Waals surface area contributed by atoms with Crippen molar-refractivity contribution in [2.24, 2.45) is 0 Å². The fourth-order valence-corrected chi connectivity index (χ4v) is 1.39. The number of hydrogen-bond acceptors (Lipinski definition) is 5. The molecule has 0 aromatic carbocycles. The monoisotopic (exact) mass is 177 g/mol. The van der Waals surface area contributed by atoms with Crippen LogP contribution in [0.2, 0.25) is 0 Å². The van der Waals surface area contributed by atoms with Crippen LogP contribution in [0.25, 0.3) is 0 Å². The molecule has 5 N–H and O–H groups in total. The van der Waals surface area contributed by atoms with E-state index in [2.05, 4.69) is 5.32 Å². The molecule has 0 unspecified atom stereocenters. The van der Waals surface area contributed by atoms with Crippen LogP contribution in [0.15, 0.2) is 0 Å². The lowest BCUT2D eigenvalue weighted by Crippen LogP contribution is -2.47. The highest BCUT2D eigenvalue weighted by Gasteiger charge is 2.45. The summed E-state index contributed by atoms with van der Waals surface area (Å²) < 4.78 is 0. The van der Waals surface area contributed by atoms with Gasteiger partial charge in [0.1, 0.15) is 11.7 Å². The van der Waals surface area contributed by atoms with Gasteiger partial charge >= 0.3 is 0 Å². The Hall–Kier alpha value is -0.200. The van der Waals surface area contributed by atoms with Gasteiger partial charge in [-0.2, -0.15) is 0 Å². The average molecular weight is 177 g/mol. The molecule has 0 aliphatic carbocycles. The second-order valence-electron chi connectivity index (χ2n) is 3.46. The maximum absolute atomic E-state index is 9.47. The quantitative estimate of drug-likeness (QED) is 0.319. The van der Waals surface area contributed by atoms with Crippen LogP contribution in [0.4, 0.5) is 0 Å². The highest BCUT2D eigenvalue weighted by atomic mass is 16.4. The van der Waals surface area contributed by atoms with Crippen molar-refractivity contribution in [1.29, 1.82) is 0 Å². The van der Waals surface area contributed by atoms with Crippen LogP contribution in [-0.4, -0.2) is 57.4 Å². The largest absolute Gasteiger partial charge is 0.394 e. The van der Waals surface area contributed by atoms with Gasteiger partial charge in [-0.15, -0.1) is 0 Å². The Morgan fingerprint density at radius 3 is 2.58 bits per heavy atom. The Labute approximate surface area is 70.6 Å². The van der Waals surface area contributed by atoms with Crippen molar-refractivity contribution in [3.63, 3.8) is 0 Å². The topological polar surface area (TPSA) is 93.0 Å². The average Bonchev–Trinajstić information content (AvgIpc) is 2.27. The predicted molar refractivity (Wildman–Crippen MR) is 41.5 cm³/mol. The van der Waals surface area contributed by atoms with Crippen LogP contribution in [-0.2, 0) is 0 Å². The molecule has 1 heterocycles. The summed E-state index contributed by atoms with van der Waals surface area (Å²) in [6.07, 6.45) is -2.08. The molecule has 0 amide bonds. The zero-order valence-corrected chi connectivity index (χ0v) is 6.94. The second-order valence-corrected chi connectivity index (χ2v) is 3.46. The maximum Gasteiger partial charge on any atom is 0.102 e. The zero-order valence-electron chi connectivity index (χ0n) is 6.94. The maximum atomic E-state index is 9.47. The lowest BCUT2D eigenvalue weighted by molar-refractivity contribution is -0.0582. The molecular weight excluding hydrogens is 162 g/mol. The minimum atomic E-state index is -1.22. The predicted octanol–water partition coefficient (Wildman–Crippen LogP) is -2.58. The van der Waals surface area contributed by atoms with E-state index in [-0.39, 0.29) is 6.54 Å². The number of aliphatic hydroxyl groups is 4. The molecule has 0 radical (unpaired) electrons. The molecule has 1 rings (SSSR count). The molecule has 12 heavy (non-hydrogen) atoms. The van der Waals surface area contributed by atoms with Gasteiger partial charge in [-0.25, -0.2) is 0 Å². The molecule has 1 aliphatic heterocycles. The van der Waals surface area contributed by atoms with Crippen LogP contribution in [0, 0.1) is 0 Å². The third-order valence-corrected chi connectivity index (χ3v) is 2.27. The first-order chi connectivity index (χ1) is 5.49. The first-order valence-corrected chi connectivity index (χ1v) is 3.92. The van der Waals surface area contributed by atoms with Gasteiger partial charge in [0.05, 0.1) is 18.8 Å². The van der Waals surface area contributed by atoms with Crippen molar-refractivity contribution in [1.82, 2.24) is 5.32 Å². The van der Waals surface area contributed by atoms with Crippen molar-refractivity contribution in [2.75, 3.05) is 13.2 Å². The first-order valence-electron chi connectivity index (χ1n) is 3.92. The van der Waals surface area contributed by atoms with Crippen molar-refractivity contribution in [2.45, 2.75) is 30.8 Å². The van der Waals surface area contributed by atoms with Crippen LogP contribution >= 0.6 is 0 Å². The fraction of sp³-hybridized carbons (Fsp3) is 1.00. The van der Waals surface area contributed by atoms with E-state index in [1.165, 1.54) is 6.92 Å². The molecule has 0 saturated carbocycles. The van der Waals surface area contributed by atoms with Gasteiger partial charge in [0, 0.05) is 6.54 Å². The van der Waals surface area contributed by atoms with Gasteiger partial charge in [-0.3, -0.25) is 0 Å². The minimum absolute atomic E-state index is 0.218. The van der Waals surface area contributed by atoms with Crippen molar-refractivity contribution in [3.05, 3.63) is 0 Å². The molecule has 1 aliphatic rings. The summed E-state index contributed by atoms with van der Waals surface area (Å²) in [7, 11) is 0. The van der Waals surface area contributed by atoms with E-state index in [4.69, 9.17) is 5.11 Å². The lowest BCUT2D eigenvalue weighted by Gasteiger charge is -2.24. The number of β-amino-alcohol motifs (C(OH)–C–C–N with tert-alkyl or cyclic N) is 1. The summed E-state index contributed by atoms with van der Waals surface area (Å²) in [6.45, 7) is 1.27. The smallest absolute Gasteiger partial charge is 0.102 e. The van der Waals surface area contributed by atoms with Crippen LogP contribution in [0.1, 0.15) is 6.92 Å². The standard InChI is InChI=1S/C7H15NO4/c1-7(12)3-8-5(6(7)11)4(10)2-9/h4-6,8-12H,2-3H2,1H3/t4-,5-,6-,7+/m0/s1. The molecule has 1 fully saturated rings. The van der Waals surface area contributed by atoms with E-state index in [0.717, 1.165) is 0 Å². The third-order valence-electron chi connectivity index (χ3n) is 2.27. The molecule has 0 aromatic rings. The normalized spacial score (nSPS) is 44.8. The van der Waals surface area contributed by atoms with Crippen LogP contribution < -0.4 is 5.32 Å². The van der Waals surface area contributed by atoms with E-state index in [1.807, 2.05) is 0 Å². The highest BCUT2D eigenvalue weighted by Crippen LogP contribution is 2.21. The van der Waals surface area contributed by atoms with E-state index >= 15 is 0 Å². The molecule has 5 nitrogen and oxygen atoms in total. The van der Waals surface area contributed by atoms with Gasteiger partial charge in [-0.1, -0.05) is 0 Å². The Morgan fingerprint density at radius 1 is 1.67 bits per heavy atom. The van der Waals surface area contributed by atoms with Gasteiger partial charge < -0.3 is 25.7 Å². The SMILES string of the molecule is C[C@@]1(O)CN[C@@H]([C@@H](O)CO)[C@@H]1O. The number of rotatable bonds is 2. The summed E-state index contributed by atoms with van der Waals surface area (Å²) in [5, 5.41) is 39.4. The van der Waals surface area contributed by atoms with E-state index < -0.39 is 30.5 Å². The molecule has 4 atom stereocenters. The van der Waals surface area contributed by atoms with Gasteiger partial charge in [0.25, 0.3) is 0 Å². The Morgan fingerprint density at radius 2 is 2.25 bits per heavy atom. The van der Waals surface area contributed by atoms with Crippen LogP contribution in [0.3, 0.4) is 0 Å². The highest BCUT2D eigenvalue weighted by molar-refractivity contribution is 5.02. The van der Waals surface area contributed by atoms with Crippen LogP contribution in [0.5, 0.6) is 0 Å². The Kier molecular flexibility index (Phi) is 2.70. The first kappa shape index (κ1) is 9.88. The Balaban J connectivity index is 2.61. The molecule has 0 spiro atoms. The molecule has 1 saturated heterocycles. The van der Waals surface area contributed by atoms with Gasteiger partial charge in [0.2, 0.25) is 0 Å². The molecule has 0 aromatic heterocycles. The van der Waals surface area contributed by atoms with E-state index in [1.54, 1.807) is 0 Å². The summed E-state index contributed by atoms with van der Waals surface area (Å²) in [5.41, 5.74) is -1.22. The van der Waals surface area contributed by atoms with Crippen molar-refractivity contribution < 1.29 is 20.4 Å². The van der Waals surface area contributed by atoms with E-state index in [0.29, 0.717) is 0 Å². The summed E-state index contributed by atoms with van der Waals surface area (Å²) in [5.74, 6) is 0. The van der Waals surface area contributed by atoms with Gasteiger partial charge in [0.15, 0.2) is 0 Å². The number of aliphatic hydroxyl groups excluding tert-OH is 3. The minimum Gasteiger partial charge on any atom is -0.394 e. The molecule has 72 valence electrons. The number of nitrogens with one attached hydrogen (secondary N) is 1. The fourth-order valence-electron chi connectivity index (χ4n) is 1.39. The van der Waals surface area contributed by atoms with E-state index in [9.17, 15) is 15.3 Å². The van der Waals surface area contributed by atoms with Gasteiger partial charge in [-0.05, 0) is 6.92 Å². The third kappa shape index (κ3) is 1.60. The number of hydrogen-bond donors (Lipinski definition) is 5. The van der Waals surface area contributed by atoms with Crippen molar-refractivity contribution in [3.8, 4) is 0 Å². The summed E-state index contributed by atoms with van der Waals surface area (Å²) in [4.78, 5) is 0. The summed E-state index contributed by atoms with van der Waals surface area (Å²) >= 11 is 0. The molecule has 5 heteroatoms. The van der Waals surface area contributed by atoms with Crippen molar-refractivity contribution >= 4 is 0 Å². The Bertz CT molecular complexity index is 161. The zero-order chi connectivity index (χ0) is 9.35.